The van der Waals surface area contributed by atoms with Gasteiger partial charge in [0.25, 0.3) is 0 Å². The summed E-state index contributed by atoms with van der Waals surface area (Å²) in [7, 11) is -0.997. The number of nitrogens with zero attached hydrogens (tertiary/aromatic N) is 1. The van der Waals surface area contributed by atoms with Crippen LogP contribution in [0.25, 0.3) is 0 Å². The molecule has 1 aromatic carbocycles. The molecule has 0 saturated heterocycles. The zero-order valence-corrected chi connectivity index (χ0v) is 12.2. The summed E-state index contributed by atoms with van der Waals surface area (Å²) in [4.78, 5) is 1.99. The van der Waals surface area contributed by atoms with Crippen LogP contribution in [0.4, 0.5) is 4.39 Å². The van der Waals surface area contributed by atoms with Crippen molar-refractivity contribution < 1.29 is 12.8 Å². The van der Waals surface area contributed by atoms with E-state index in [1.54, 1.807) is 12.1 Å². The summed E-state index contributed by atoms with van der Waals surface area (Å²) in [5.41, 5.74) is 0.668. The average molecular weight is 288 g/mol. The number of hydrogen-bond donors (Lipinski definition) is 1. The van der Waals surface area contributed by atoms with Crippen molar-refractivity contribution in [1.82, 2.24) is 10.2 Å². The smallest absolute Gasteiger partial charge is 0.148 e. The quantitative estimate of drug-likeness (QED) is 0.722. The van der Waals surface area contributed by atoms with Crippen LogP contribution in [-0.4, -0.2) is 52.0 Å². The summed E-state index contributed by atoms with van der Waals surface area (Å²) in [6.45, 7) is 2.41. The maximum Gasteiger partial charge on any atom is 0.148 e. The van der Waals surface area contributed by atoms with Gasteiger partial charge in [-0.3, -0.25) is 0 Å². The monoisotopic (exact) mass is 288 g/mol. The molecule has 6 heteroatoms. The average Bonchev–Trinajstić information content (AvgIpc) is 2.30. The van der Waals surface area contributed by atoms with Crippen molar-refractivity contribution in [2.24, 2.45) is 0 Å². The molecule has 0 saturated carbocycles. The van der Waals surface area contributed by atoms with Crippen molar-refractivity contribution in [2.75, 3.05) is 38.7 Å². The summed E-state index contributed by atoms with van der Waals surface area (Å²) in [5.74, 6) is -0.0521. The molecule has 0 amide bonds. The molecular weight excluding hydrogens is 267 g/mol. The molecule has 1 rings (SSSR count). The largest absolute Gasteiger partial charge is 0.314 e. The first-order valence-corrected chi connectivity index (χ1v) is 8.25. The van der Waals surface area contributed by atoms with Crippen molar-refractivity contribution >= 4 is 9.84 Å². The van der Waals surface area contributed by atoms with Crippen molar-refractivity contribution in [2.45, 2.75) is 6.54 Å². The number of benzene rings is 1. The van der Waals surface area contributed by atoms with Crippen molar-refractivity contribution in [3.8, 4) is 0 Å². The Morgan fingerprint density at radius 1 is 1.26 bits per heavy atom. The molecule has 0 aliphatic rings. The molecule has 0 aliphatic heterocycles. The number of likely N-dealkylation sites (N-methyl/N-ethyl adjacent to an activating group) is 1. The molecule has 1 aromatic rings. The molecule has 108 valence electrons. The molecular formula is C13H21FN2O2S. The van der Waals surface area contributed by atoms with Gasteiger partial charge in [-0.1, -0.05) is 18.2 Å². The van der Waals surface area contributed by atoms with Gasteiger partial charge in [-0.05, 0) is 13.1 Å². The first kappa shape index (κ1) is 16.1. The highest BCUT2D eigenvalue weighted by atomic mass is 32.2. The Bertz CT molecular complexity index is 491. The first-order chi connectivity index (χ1) is 8.88. The Balaban J connectivity index is 2.22. The van der Waals surface area contributed by atoms with Gasteiger partial charge >= 0.3 is 0 Å². The van der Waals surface area contributed by atoms with E-state index in [1.807, 2.05) is 18.0 Å². The highest BCUT2D eigenvalue weighted by molar-refractivity contribution is 7.90. The Hall–Kier alpha value is -0.980. The molecule has 0 aliphatic carbocycles. The Morgan fingerprint density at radius 3 is 2.58 bits per heavy atom. The fourth-order valence-corrected chi connectivity index (χ4v) is 2.16. The second kappa shape index (κ2) is 7.57. The number of halogens is 1. The van der Waals surface area contributed by atoms with Crippen LogP contribution in [0.2, 0.25) is 0 Å². The predicted molar refractivity (Wildman–Crippen MR) is 75.3 cm³/mol. The number of nitrogens with one attached hydrogen (secondary N) is 1. The third kappa shape index (κ3) is 7.25. The van der Waals surface area contributed by atoms with E-state index in [0.29, 0.717) is 25.2 Å². The van der Waals surface area contributed by atoms with Gasteiger partial charge in [-0.25, -0.2) is 12.8 Å². The van der Waals surface area contributed by atoms with Crippen LogP contribution in [0.1, 0.15) is 5.56 Å². The number of sulfone groups is 1. The molecule has 0 spiro atoms. The fraction of sp³-hybridized carbons (Fsp3) is 0.538. The SMILES string of the molecule is CN(CCNCCS(C)(=O)=O)Cc1ccccc1F. The van der Waals surface area contributed by atoms with E-state index in [9.17, 15) is 12.8 Å². The van der Waals surface area contributed by atoms with E-state index < -0.39 is 9.84 Å². The normalized spacial score (nSPS) is 12.0. The third-order valence-corrected chi connectivity index (χ3v) is 3.66. The summed E-state index contributed by atoms with van der Waals surface area (Å²) in [5, 5.41) is 3.06. The molecule has 4 nitrogen and oxygen atoms in total. The fourth-order valence-electron chi connectivity index (χ4n) is 1.65. The van der Waals surface area contributed by atoms with Gasteiger partial charge in [-0.2, -0.15) is 0 Å². The van der Waals surface area contributed by atoms with E-state index in [2.05, 4.69) is 5.32 Å². The lowest BCUT2D eigenvalue weighted by Crippen LogP contribution is -2.31. The van der Waals surface area contributed by atoms with Crippen LogP contribution in [0.5, 0.6) is 0 Å². The minimum absolute atomic E-state index is 0.143. The maximum atomic E-state index is 13.4. The van der Waals surface area contributed by atoms with E-state index in [-0.39, 0.29) is 11.6 Å². The summed E-state index contributed by atoms with van der Waals surface area (Å²) in [6.07, 6.45) is 1.22. The van der Waals surface area contributed by atoms with Gasteiger partial charge in [-0.15, -0.1) is 0 Å². The van der Waals surface area contributed by atoms with Crippen LogP contribution >= 0.6 is 0 Å². The van der Waals surface area contributed by atoms with Crippen molar-refractivity contribution in [1.29, 1.82) is 0 Å². The second-order valence-electron chi connectivity index (χ2n) is 4.71. The maximum absolute atomic E-state index is 13.4. The van der Waals surface area contributed by atoms with Crippen LogP contribution in [0.3, 0.4) is 0 Å². The lowest BCUT2D eigenvalue weighted by Gasteiger charge is -2.17. The molecule has 0 fully saturated rings. The molecule has 0 radical (unpaired) electrons. The topological polar surface area (TPSA) is 49.4 Å². The zero-order chi connectivity index (χ0) is 14.3. The van der Waals surface area contributed by atoms with Crippen molar-refractivity contribution in [3.63, 3.8) is 0 Å². The molecule has 1 N–H and O–H groups in total. The van der Waals surface area contributed by atoms with Gasteiger partial charge in [0.2, 0.25) is 0 Å². The van der Waals surface area contributed by atoms with Gasteiger partial charge in [0, 0.05) is 38.0 Å². The Morgan fingerprint density at radius 2 is 1.95 bits per heavy atom. The molecule has 0 unspecified atom stereocenters. The first-order valence-electron chi connectivity index (χ1n) is 6.19. The summed E-state index contributed by atoms with van der Waals surface area (Å²) in [6, 6.07) is 6.71. The lowest BCUT2D eigenvalue weighted by atomic mass is 10.2. The highest BCUT2D eigenvalue weighted by Crippen LogP contribution is 2.08. The predicted octanol–water partition coefficient (Wildman–Crippen LogP) is 0.892. The minimum atomic E-state index is -2.90. The van der Waals surface area contributed by atoms with E-state index >= 15 is 0 Å². The van der Waals surface area contributed by atoms with Crippen LogP contribution < -0.4 is 5.32 Å². The van der Waals surface area contributed by atoms with E-state index in [0.717, 1.165) is 6.54 Å². The Kier molecular flexibility index (Phi) is 6.41. The van der Waals surface area contributed by atoms with Gasteiger partial charge in [0.15, 0.2) is 0 Å². The van der Waals surface area contributed by atoms with Gasteiger partial charge in [0.05, 0.1) is 5.75 Å². The third-order valence-electron chi connectivity index (χ3n) is 2.72. The number of rotatable bonds is 8. The van der Waals surface area contributed by atoms with Crippen molar-refractivity contribution in [3.05, 3.63) is 35.6 Å². The van der Waals surface area contributed by atoms with Crippen LogP contribution in [0, 0.1) is 5.82 Å². The standard InChI is InChI=1S/C13H21FN2O2S/c1-16(9-7-15-8-10-19(2,17)18)11-12-5-3-4-6-13(12)14/h3-6,15H,7-11H2,1-2H3. The Labute approximate surface area is 114 Å². The number of hydrogen-bond acceptors (Lipinski definition) is 4. The van der Waals surface area contributed by atoms with E-state index in [1.165, 1.54) is 12.3 Å². The van der Waals surface area contributed by atoms with Gasteiger partial charge < -0.3 is 10.2 Å². The molecule has 19 heavy (non-hydrogen) atoms. The summed E-state index contributed by atoms with van der Waals surface area (Å²) < 4.78 is 35.2. The second-order valence-corrected chi connectivity index (χ2v) is 6.97. The molecule has 0 atom stereocenters. The molecule has 0 bridgehead atoms. The zero-order valence-electron chi connectivity index (χ0n) is 11.4. The molecule has 0 heterocycles. The minimum Gasteiger partial charge on any atom is -0.314 e. The van der Waals surface area contributed by atoms with Crippen LogP contribution in [-0.2, 0) is 16.4 Å². The highest BCUT2D eigenvalue weighted by Gasteiger charge is 2.05. The molecule has 0 aromatic heterocycles. The van der Waals surface area contributed by atoms with Crippen LogP contribution in [0.15, 0.2) is 24.3 Å². The summed E-state index contributed by atoms with van der Waals surface area (Å²) >= 11 is 0. The van der Waals surface area contributed by atoms with E-state index in [4.69, 9.17) is 0 Å². The lowest BCUT2D eigenvalue weighted by molar-refractivity contribution is 0.320. The van der Waals surface area contributed by atoms with Gasteiger partial charge in [0.1, 0.15) is 15.7 Å².